The van der Waals surface area contributed by atoms with Gasteiger partial charge < -0.3 is 15.7 Å². The van der Waals surface area contributed by atoms with Gasteiger partial charge in [0.05, 0.1) is 12.6 Å². The summed E-state index contributed by atoms with van der Waals surface area (Å²) in [6, 6.07) is 3.37. The number of nitrogens with one attached hydrogen (secondary N) is 3. The van der Waals surface area contributed by atoms with Gasteiger partial charge in [0.2, 0.25) is 10.0 Å². The Bertz CT molecular complexity index is 649. The molecular weight excluding hydrogens is 469 g/mol. The highest BCUT2D eigenvalue weighted by Crippen LogP contribution is 2.18. The molecule has 0 amide bonds. The van der Waals surface area contributed by atoms with Crippen LogP contribution in [0.25, 0.3) is 0 Å². The molecule has 1 fully saturated rings. The van der Waals surface area contributed by atoms with Gasteiger partial charge in [-0.3, -0.25) is 9.98 Å². The van der Waals surface area contributed by atoms with Crippen molar-refractivity contribution in [3.63, 3.8) is 0 Å². The first-order chi connectivity index (χ1) is 12.0. The highest BCUT2D eigenvalue weighted by molar-refractivity contribution is 14.0. The maximum Gasteiger partial charge on any atom is 0.242 e. The van der Waals surface area contributed by atoms with E-state index in [9.17, 15) is 13.5 Å². The Kier molecular flexibility index (Phi) is 10.4. The van der Waals surface area contributed by atoms with Crippen LogP contribution >= 0.6 is 24.0 Å². The number of hydrogen-bond donors (Lipinski definition) is 4. The number of aromatic nitrogens is 1. The van der Waals surface area contributed by atoms with Gasteiger partial charge in [0.15, 0.2) is 5.96 Å². The minimum Gasteiger partial charge on any atom is -0.393 e. The van der Waals surface area contributed by atoms with E-state index in [2.05, 4.69) is 25.3 Å². The summed E-state index contributed by atoms with van der Waals surface area (Å²) in [7, 11) is -3.55. The number of rotatable bonds is 7. The van der Waals surface area contributed by atoms with Gasteiger partial charge in [-0.05, 0) is 44.7 Å². The highest BCUT2D eigenvalue weighted by Gasteiger charge is 2.20. The summed E-state index contributed by atoms with van der Waals surface area (Å²) < 4.78 is 26.7. The predicted octanol–water partition coefficient (Wildman–Crippen LogP) is 0.837. The largest absolute Gasteiger partial charge is 0.393 e. The van der Waals surface area contributed by atoms with Crippen LogP contribution in [-0.2, 0) is 10.0 Å². The zero-order valence-corrected chi connectivity index (χ0v) is 18.0. The van der Waals surface area contributed by atoms with Crippen molar-refractivity contribution in [2.24, 2.45) is 4.99 Å². The quantitative estimate of drug-likeness (QED) is 0.192. The van der Waals surface area contributed by atoms with Crippen LogP contribution in [-0.4, -0.2) is 56.2 Å². The van der Waals surface area contributed by atoms with E-state index in [4.69, 9.17) is 0 Å². The summed E-state index contributed by atoms with van der Waals surface area (Å²) in [4.78, 5) is 8.37. The van der Waals surface area contributed by atoms with Crippen LogP contribution in [0, 0.1) is 0 Å². The van der Waals surface area contributed by atoms with Crippen molar-refractivity contribution in [2.75, 3.05) is 19.6 Å². The standard InChI is InChI=1S/C16H27N5O3S.HI/c1-2-18-16(21-13-5-7-14(22)8-6-13)19-10-11-20-25(23,24)15-4-3-9-17-12-15;/h3-4,9,12-14,20,22H,2,5-8,10-11H2,1H3,(H2,18,19,21);1H. The topological polar surface area (TPSA) is 116 Å². The van der Waals surface area contributed by atoms with Gasteiger partial charge in [-0.1, -0.05) is 0 Å². The van der Waals surface area contributed by atoms with Crippen molar-refractivity contribution in [1.29, 1.82) is 0 Å². The molecule has 10 heteroatoms. The Morgan fingerprint density at radius 2 is 2.08 bits per heavy atom. The third kappa shape index (κ3) is 7.72. The molecule has 1 aromatic heterocycles. The minimum absolute atomic E-state index is 0. The van der Waals surface area contributed by atoms with E-state index in [0.29, 0.717) is 12.5 Å². The number of sulfonamides is 1. The molecule has 0 saturated heterocycles. The van der Waals surface area contributed by atoms with Gasteiger partial charge in [-0.25, -0.2) is 13.1 Å². The number of aliphatic imine (C=N–C) groups is 1. The molecule has 0 bridgehead atoms. The zero-order chi connectivity index (χ0) is 18.1. The Hall–Kier alpha value is -0.980. The lowest BCUT2D eigenvalue weighted by molar-refractivity contribution is 0.120. The number of aliphatic hydroxyl groups excluding tert-OH is 1. The van der Waals surface area contributed by atoms with Crippen LogP contribution in [0.3, 0.4) is 0 Å². The van der Waals surface area contributed by atoms with Crippen molar-refractivity contribution in [3.05, 3.63) is 24.5 Å². The Morgan fingerprint density at radius 1 is 1.35 bits per heavy atom. The summed E-state index contributed by atoms with van der Waals surface area (Å²) in [6.45, 7) is 3.23. The van der Waals surface area contributed by atoms with Crippen LogP contribution in [0.2, 0.25) is 0 Å². The number of nitrogens with zero attached hydrogens (tertiary/aromatic N) is 2. The molecule has 8 nitrogen and oxygen atoms in total. The Labute approximate surface area is 172 Å². The number of hydrogen-bond acceptors (Lipinski definition) is 5. The minimum atomic E-state index is -3.55. The molecule has 148 valence electrons. The average Bonchev–Trinajstić information content (AvgIpc) is 2.61. The summed E-state index contributed by atoms with van der Waals surface area (Å²) >= 11 is 0. The smallest absolute Gasteiger partial charge is 0.242 e. The summed E-state index contributed by atoms with van der Waals surface area (Å²) in [5, 5.41) is 16.1. The summed E-state index contributed by atoms with van der Waals surface area (Å²) in [5.41, 5.74) is 0. The Morgan fingerprint density at radius 3 is 2.69 bits per heavy atom. The van der Waals surface area contributed by atoms with Crippen LogP contribution in [0.1, 0.15) is 32.6 Å². The van der Waals surface area contributed by atoms with Gasteiger partial charge in [-0.2, -0.15) is 0 Å². The molecule has 4 N–H and O–H groups in total. The lowest BCUT2D eigenvalue weighted by atomic mass is 9.93. The third-order valence-electron chi connectivity index (χ3n) is 4.00. The van der Waals surface area contributed by atoms with E-state index in [1.807, 2.05) is 6.92 Å². The van der Waals surface area contributed by atoms with E-state index in [1.165, 1.54) is 18.5 Å². The van der Waals surface area contributed by atoms with E-state index in [0.717, 1.165) is 32.2 Å². The maximum atomic E-state index is 12.1. The predicted molar refractivity (Wildman–Crippen MR) is 112 cm³/mol. The van der Waals surface area contributed by atoms with Crippen LogP contribution in [0.5, 0.6) is 0 Å². The molecule has 0 aliphatic heterocycles. The normalized spacial score (nSPS) is 20.9. The Balaban J connectivity index is 0.00000338. The van der Waals surface area contributed by atoms with Gasteiger partial charge in [-0.15, -0.1) is 24.0 Å². The van der Waals surface area contributed by atoms with Crippen molar-refractivity contribution < 1.29 is 13.5 Å². The first-order valence-electron chi connectivity index (χ1n) is 8.64. The maximum absolute atomic E-state index is 12.1. The second-order valence-corrected chi connectivity index (χ2v) is 7.76. The fraction of sp³-hybridized carbons (Fsp3) is 0.625. The summed E-state index contributed by atoms with van der Waals surface area (Å²) in [5.74, 6) is 0.671. The van der Waals surface area contributed by atoms with E-state index in [-0.39, 0.29) is 47.6 Å². The van der Waals surface area contributed by atoms with Crippen LogP contribution < -0.4 is 15.4 Å². The first-order valence-corrected chi connectivity index (χ1v) is 10.1. The van der Waals surface area contributed by atoms with E-state index in [1.54, 1.807) is 6.07 Å². The molecule has 0 atom stereocenters. The van der Waals surface area contributed by atoms with Crippen molar-refractivity contribution in [2.45, 2.75) is 49.6 Å². The fourth-order valence-electron chi connectivity index (χ4n) is 2.67. The molecule has 0 radical (unpaired) electrons. The fourth-order valence-corrected chi connectivity index (χ4v) is 3.65. The van der Waals surface area contributed by atoms with Crippen molar-refractivity contribution in [3.8, 4) is 0 Å². The third-order valence-corrected chi connectivity index (χ3v) is 5.45. The zero-order valence-electron chi connectivity index (χ0n) is 14.9. The van der Waals surface area contributed by atoms with Crippen molar-refractivity contribution in [1.82, 2.24) is 20.3 Å². The van der Waals surface area contributed by atoms with E-state index < -0.39 is 10.0 Å². The molecule has 0 unspecified atom stereocenters. The molecule has 0 aromatic carbocycles. The number of aliphatic hydroxyl groups is 1. The number of guanidine groups is 1. The average molecular weight is 497 g/mol. The molecule has 1 heterocycles. The van der Waals surface area contributed by atoms with Crippen LogP contribution in [0.4, 0.5) is 0 Å². The van der Waals surface area contributed by atoms with Crippen molar-refractivity contribution >= 4 is 40.0 Å². The first kappa shape index (κ1) is 23.1. The number of pyridine rings is 1. The lowest BCUT2D eigenvalue weighted by Gasteiger charge is -2.27. The van der Waals surface area contributed by atoms with Gasteiger partial charge in [0, 0.05) is 31.5 Å². The second kappa shape index (κ2) is 11.7. The molecule has 1 aromatic rings. The van der Waals surface area contributed by atoms with Crippen LogP contribution in [0.15, 0.2) is 34.4 Å². The van der Waals surface area contributed by atoms with Gasteiger partial charge in [0.1, 0.15) is 4.90 Å². The van der Waals surface area contributed by atoms with Gasteiger partial charge >= 0.3 is 0 Å². The molecule has 26 heavy (non-hydrogen) atoms. The van der Waals surface area contributed by atoms with E-state index >= 15 is 0 Å². The molecular formula is C16H28IN5O3S. The second-order valence-electron chi connectivity index (χ2n) is 6.00. The SMILES string of the molecule is CCNC(=NCCNS(=O)(=O)c1cccnc1)NC1CCC(O)CC1.I. The number of halogens is 1. The molecule has 1 aliphatic rings. The molecule has 0 spiro atoms. The van der Waals surface area contributed by atoms with Gasteiger partial charge in [0.25, 0.3) is 0 Å². The molecule has 1 saturated carbocycles. The summed E-state index contributed by atoms with van der Waals surface area (Å²) in [6.07, 6.45) is 6.04. The molecule has 1 aliphatic carbocycles. The lowest BCUT2D eigenvalue weighted by Crippen LogP contribution is -2.45. The molecule has 2 rings (SSSR count). The monoisotopic (exact) mass is 497 g/mol. The highest BCUT2D eigenvalue weighted by atomic mass is 127.